The van der Waals surface area contributed by atoms with Gasteiger partial charge in [0, 0.05) is 5.92 Å². The SMILES string of the molecule is C1=C[C@@H](c2ccccc2)CCC1.ClC1C=CCCC1.OB(O)c1ccccc1. The van der Waals surface area contributed by atoms with Gasteiger partial charge in [0.15, 0.2) is 0 Å². The highest BCUT2D eigenvalue weighted by molar-refractivity contribution is 6.58. The van der Waals surface area contributed by atoms with E-state index >= 15 is 0 Å². The van der Waals surface area contributed by atoms with Crippen molar-refractivity contribution in [2.24, 2.45) is 0 Å². The summed E-state index contributed by atoms with van der Waals surface area (Å²) >= 11 is 5.73. The molecule has 28 heavy (non-hydrogen) atoms. The van der Waals surface area contributed by atoms with Gasteiger partial charge in [-0.2, -0.15) is 0 Å². The van der Waals surface area contributed by atoms with E-state index in [4.69, 9.17) is 21.6 Å². The highest BCUT2D eigenvalue weighted by atomic mass is 35.5. The number of rotatable bonds is 2. The minimum absolute atomic E-state index is 0.328. The molecule has 0 saturated carbocycles. The van der Waals surface area contributed by atoms with Crippen LogP contribution in [0.3, 0.4) is 0 Å². The van der Waals surface area contributed by atoms with Gasteiger partial charge in [-0.1, -0.05) is 85.0 Å². The Kier molecular flexibility index (Phi) is 10.7. The lowest BCUT2D eigenvalue weighted by atomic mass is 9.81. The van der Waals surface area contributed by atoms with E-state index in [0.717, 1.165) is 6.42 Å². The first-order chi connectivity index (χ1) is 13.7. The quantitative estimate of drug-likeness (QED) is 0.415. The molecule has 0 bridgehead atoms. The molecule has 0 amide bonds. The minimum Gasteiger partial charge on any atom is -0.423 e. The molecule has 2 aliphatic rings. The Bertz CT molecular complexity index is 701. The molecular formula is C24H30BClO2. The molecule has 1 unspecified atom stereocenters. The van der Waals surface area contributed by atoms with Gasteiger partial charge in [0.1, 0.15) is 0 Å². The zero-order valence-corrected chi connectivity index (χ0v) is 17.1. The van der Waals surface area contributed by atoms with Crippen molar-refractivity contribution in [1.29, 1.82) is 0 Å². The molecule has 2 aromatic carbocycles. The van der Waals surface area contributed by atoms with Crippen molar-refractivity contribution < 1.29 is 10.0 Å². The average Bonchev–Trinajstić information content (AvgIpc) is 2.77. The van der Waals surface area contributed by atoms with Crippen molar-refractivity contribution in [3.63, 3.8) is 0 Å². The van der Waals surface area contributed by atoms with Crippen molar-refractivity contribution in [1.82, 2.24) is 0 Å². The molecule has 0 aromatic heterocycles. The second-order valence-electron chi connectivity index (χ2n) is 7.04. The number of benzene rings is 2. The van der Waals surface area contributed by atoms with Gasteiger partial charge in [0.2, 0.25) is 0 Å². The van der Waals surface area contributed by atoms with E-state index < -0.39 is 7.12 Å². The lowest BCUT2D eigenvalue weighted by molar-refractivity contribution is 0.426. The summed E-state index contributed by atoms with van der Waals surface area (Å²) in [5.41, 5.74) is 1.99. The molecule has 2 nitrogen and oxygen atoms in total. The molecule has 4 rings (SSSR count). The molecular weight excluding hydrogens is 367 g/mol. The highest BCUT2D eigenvalue weighted by Gasteiger charge is 2.09. The van der Waals surface area contributed by atoms with Crippen LogP contribution in [0.5, 0.6) is 0 Å². The lowest BCUT2D eigenvalue weighted by Crippen LogP contribution is -2.29. The summed E-state index contributed by atoms with van der Waals surface area (Å²) < 4.78 is 0. The number of alkyl halides is 1. The molecule has 0 aliphatic heterocycles. The van der Waals surface area contributed by atoms with Gasteiger partial charge in [-0.15, -0.1) is 11.6 Å². The van der Waals surface area contributed by atoms with Gasteiger partial charge in [-0.25, -0.2) is 0 Å². The van der Waals surface area contributed by atoms with Gasteiger partial charge in [0.25, 0.3) is 0 Å². The van der Waals surface area contributed by atoms with E-state index in [-0.39, 0.29) is 0 Å². The molecule has 148 valence electrons. The fraction of sp³-hybridized carbons (Fsp3) is 0.333. The van der Waals surface area contributed by atoms with Crippen molar-refractivity contribution in [3.05, 3.63) is 90.5 Å². The molecule has 0 heterocycles. The number of hydrogen-bond acceptors (Lipinski definition) is 2. The van der Waals surface area contributed by atoms with Crippen LogP contribution >= 0.6 is 11.6 Å². The van der Waals surface area contributed by atoms with Gasteiger partial charge in [-0.3, -0.25) is 0 Å². The predicted octanol–water partition coefficient (Wildman–Crippen LogP) is 5.21. The Labute approximate surface area is 174 Å². The monoisotopic (exact) mass is 396 g/mol. The van der Waals surface area contributed by atoms with Crippen LogP contribution in [0.25, 0.3) is 0 Å². The summed E-state index contributed by atoms with van der Waals surface area (Å²) in [5, 5.41) is 17.5. The van der Waals surface area contributed by atoms with Gasteiger partial charge in [0.05, 0.1) is 5.38 Å². The topological polar surface area (TPSA) is 40.5 Å². The second-order valence-corrected chi connectivity index (χ2v) is 7.60. The van der Waals surface area contributed by atoms with E-state index in [1.807, 2.05) is 6.07 Å². The van der Waals surface area contributed by atoms with Crippen LogP contribution in [0.2, 0.25) is 0 Å². The van der Waals surface area contributed by atoms with Crippen LogP contribution in [-0.4, -0.2) is 22.5 Å². The van der Waals surface area contributed by atoms with Crippen molar-refractivity contribution in [2.75, 3.05) is 0 Å². The van der Waals surface area contributed by atoms with Crippen molar-refractivity contribution in [3.8, 4) is 0 Å². The largest absolute Gasteiger partial charge is 0.488 e. The Balaban J connectivity index is 0.000000157. The summed E-state index contributed by atoms with van der Waals surface area (Å²) in [7, 11) is -1.34. The predicted molar refractivity (Wildman–Crippen MR) is 121 cm³/mol. The smallest absolute Gasteiger partial charge is 0.423 e. The maximum Gasteiger partial charge on any atom is 0.488 e. The Hall–Kier alpha value is -1.81. The summed E-state index contributed by atoms with van der Waals surface area (Å²) in [5.74, 6) is 0.681. The third kappa shape index (κ3) is 8.92. The first-order valence-electron chi connectivity index (χ1n) is 10.1. The van der Waals surface area contributed by atoms with Gasteiger partial charge in [-0.05, 0) is 49.6 Å². The first kappa shape index (κ1) is 22.5. The maximum absolute atomic E-state index is 8.58. The zero-order valence-electron chi connectivity index (χ0n) is 16.3. The normalized spacial score (nSPS) is 20.2. The number of allylic oxidation sites excluding steroid dienone is 4. The molecule has 2 N–H and O–H groups in total. The summed E-state index contributed by atoms with van der Waals surface area (Å²) in [4.78, 5) is 0. The fourth-order valence-electron chi connectivity index (χ4n) is 3.19. The molecule has 2 aliphatic carbocycles. The van der Waals surface area contributed by atoms with E-state index in [0.29, 0.717) is 16.8 Å². The Morgan fingerprint density at radius 2 is 1.32 bits per heavy atom. The molecule has 0 spiro atoms. The van der Waals surface area contributed by atoms with Gasteiger partial charge < -0.3 is 10.0 Å². The molecule has 2 aromatic rings. The van der Waals surface area contributed by atoms with E-state index in [9.17, 15) is 0 Å². The molecule has 0 saturated heterocycles. The first-order valence-corrected chi connectivity index (χ1v) is 10.5. The van der Waals surface area contributed by atoms with Gasteiger partial charge >= 0.3 is 7.12 Å². The maximum atomic E-state index is 8.58. The van der Waals surface area contributed by atoms with E-state index in [1.165, 1.54) is 37.7 Å². The molecule has 0 radical (unpaired) electrons. The van der Waals surface area contributed by atoms with E-state index in [2.05, 4.69) is 54.6 Å². The number of hydrogen-bond donors (Lipinski definition) is 2. The zero-order chi connectivity index (χ0) is 20.0. The average molecular weight is 397 g/mol. The summed E-state index contributed by atoms with van der Waals surface area (Å²) in [6.07, 6.45) is 16.5. The molecule has 0 fully saturated rings. The third-order valence-electron chi connectivity index (χ3n) is 4.78. The highest BCUT2D eigenvalue weighted by Crippen LogP contribution is 2.26. The van der Waals surface area contributed by atoms with Crippen LogP contribution in [0.15, 0.2) is 85.0 Å². The lowest BCUT2D eigenvalue weighted by Gasteiger charge is -2.16. The van der Waals surface area contributed by atoms with Crippen LogP contribution < -0.4 is 5.46 Å². The minimum atomic E-state index is -1.34. The molecule has 2 atom stereocenters. The van der Waals surface area contributed by atoms with Crippen molar-refractivity contribution >= 4 is 24.2 Å². The van der Waals surface area contributed by atoms with E-state index in [1.54, 1.807) is 24.3 Å². The van der Waals surface area contributed by atoms with Crippen LogP contribution in [0.1, 0.15) is 50.0 Å². The number of halogens is 1. The fourth-order valence-corrected chi connectivity index (χ4v) is 3.44. The summed E-state index contributed by atoms with van der Waals surface area (Å²) in [6, 6.07) is 19.4. The van der Waals surface area contributed by atoms with Crippen LogP contribution in [-0.2, 0) is 0 Å². The molecule has 4 heteroatoms. The van der Waals surface area contributed by atoms with Crippen LogP contribution in [0, 0.1) is 0 Å². The third-order valence-corrected chi connectivity index (χ3v) is 5.14. The summed E-state index contributed by atoms with van der Waals surface area (Å²) in [6.45, 7) is 0. The Morgan fingerprint density at radius 3 is 1.71 bits per heavy atom. The standard InChI is InChI=1S/C12H14.C6H7BO2.C6H9Cl/c1-3-7-11(8-4-1)12-9-5-2-6-10-12;8-7(9)6-4-2-1-3-5-6;7-6-4-2-1-3-5-6/h1,3-5,7-9,12H,2,6,10H2;1-5,8-9H;2,4,6H,1,3,5H2/t12-;;/m1../s1. The Morgan fingerprint density at radius 1 is 0.750 bits per heavy atom. The second kappa shape index (κ2) is 13.4. The van der Waals surface area contributed by atoms with Crippen LogP contribution in [0.4, 0.5) is 0 Å². The van der Waals surface area contributed by atoms with Crippen molar-refractivity contribution in [2.45, 2.75) is 49.8 Å².